The molecule has 4 nitrogen and oxygen atoms in total. The lowest BCUT2D eigenvalue weighted by molar-refractivity contribution is 0.00497. The van der Waals surface area contributed by atoms with Crippen molar-refractivity contribution >= 4 is 39.0 Å². The Kier molecular flexibility index (Phi) is 4.08. The van der Waals surface area contributed by atoms with Gasteiger partial charge in [0.1, 0.15) is 10.6 Å². The molecule has 0 bridgehead atoms. The third-order valence-corrected chi connectivity index (χ3v) is 5.39. The molecule has 1 aliphatic rings. The van der Waals surface area contributed by atoms with Crippen LogP contribution in [-0.2, 0) is 0 Å². The van der Waals surface area contributed by atoms with Gasteiger partial charge >= 0.3 is 0 Å². The summed E-state index contributed by atoms with van der Waals surface area (Å²) in [6, 6.07) is 2.06. The summed E-state index contributed by atoms with van der Waals surface area (Å²) < 4.78 is 0. The first-order valence-corrected chi connectivity index (χ1v) is 8.55. The molecule has 0 unspecified atom stereocenters. The summed E-state index contributed by atoms with van der Waals surface area (Å²) in [4.78, 5) is 10.6. The molecule has 0 saturated heterocycles. The van der Waals surface area contributed by atoms with Crippen molar-refractivity contribution in [3.8, 4) is 0 Å². The summed E-state index contributed by atoms with van der Waals surface area (Å²) in [7, 11) is 0. The van der Waals surface area contributed by atoms with E-state index in [-0.39, 0.29) is 5.28 Å². The number of halogens is 1. The molecule has 2 heterocycles. The van der Waals surface area contributed by atoms with Crippen molar-refractivity contribution in [1.82, 2.24) is 9.97 Å². The van der Waals surface area contributed by atoms with Crippen LogP contribution < -0.4 is 5.32 Å². The smallest absolute Gasteiger partial charge is 0.225 e. The van der Waals surface area contributed by atoms with Gasteiger partial charge in [-0.25, -0.2) is 9.97 Å². The van der Waals surface area contributed by atoms with E-state index in [4.69, 9.17) is 11.6 Å². The van der Waals surface area contributed by atoms with Crippen LogP contribution in [0.3, 0.4) is 0 Å². The second kappa shape index (κ2) is 5.71. The maximum atomic E-state index is 10.7. The summed E-state index contributed by atoms with van der Waals surface area (Å²) in [5.74, 6) is 1.44. The predicted molar refractivity (Wildman–Crippen MR) is 88.2 cm³/mol. The number of aromatic nitrogens is 2. The molecule has 0 aliphatic heterocycles. The molecular weight excluding hydrogens is 306 g/mol. The largest absolute Gasteiger partial charge is 0.388 e. The van der Waals surface area contributed by atoms with E-state index in [1.807, 2.05) is 6.92 Å². The molecule has 0 amide bonds. The Bertz CT molecular complexity index is 650. The van der Waals surface area contributed by atoms with Crippen LogP contribution in [0.15, 0.2) is 6.07 Å². The zero-order chi connectivity index (χ0) is 15.0. The molecule has 1 fully saturated rings. The van der Waals surface area contributed by atoms with Gasteiger partial charge in [-0.15, -0.1) is 11.3 Å². The van der Waals surface area contributed by atoms with Crippen molar-refractivity contribution in [3.05, 3.63) is 16.2 Å². The van der Waals surface area contributed by atoms with Crippen molar-refractivity contribution in [2.75, 3.05) is 11.9 Å². The predicted octanol–water partition coefficient (Wildman–Crippen LogP) is 4.01. The Hall–Kier alpha value is -0.910. The van der Waals surface area contributed by atoms with E-state index in [1.165, 1.54) is 4.88 Å². The molecule has 0 spiro atoms. The van der Waals surface area contributed by atoms with E-state index in [9.17, 15) is 5.11 Å². The van der Waals surface area contributed by atoms with Crippen LogP contribution in [0.2, 0.25) is 5.28 Å². The minimum Gasteiger partial charge on any atom is -0.388 e. The van der Waals surface area contributed by atoms with Gasteiger partial charge in [-0.3, -0.25) is 0 Å². The fraction of sp³-hybridized carbons (Fsp3) is 0.600. The fourth-order valence-electron chi connectivity index (χ4n) is 2.88. The van der Waals surface area contributed by atoms with Crippen molar-refractivity contribution in [2.24, 2.45) is 5.92 Å². The van der Waals surface area contributed by atoms with Gasteiger partial charge in [0.15, 0.2) is 0 Å². The molecule has 114 valence electrons. The van der Waals surface area contributed by atoms with Gasteiger partial charge in [0.2, 0.25) is 5.28 Å². The Morgan fingerprint density at radius 2 is 2.14 bits per heavy atom. The number of anilines is 1. The van der Waals surface area contributed by atoms with Gasteiger partial charge in [0.05, 0.1) is 11.0 Å². The average molecular weight is 326 g/mol. The molecule has 2 N–H and O–H groups in total. The maximum absolute atomic E-state index is 10.7. The van der Waals surface area contributed by atoms with Crippen LogP contribution >= 0.6 is 22.9 Å². The molecule has 21 heavy (non-hydrogen) atoms. The third-order valence-electron chi connectivity index (χ3n) is 4.28. The van der Waals surface area contributed by atoms with E-state index in [0.29, 0.717) is 12.5 Å². The third kappa shape index (κ3) is 3.30. The normalized spacial score (nSPS) is 26.2. The molecule has 0 radical (unpaired) electrons. The van der Waals surface area contributed by atoms with Crippen molar-refractivity contribution < 1.29 is 5.11 Å². The first kappa shape index (κ1) is 15.0. The number of thiophene rings is 1. The lowest BCUT2D eigenvalue weighted by atomic mass is 9.79. The monoisotopic (exact) mass is 325 g/mol. The van der Waals surface area contributed by atoms with Gasteiger partial charge in [0, 0.05) is 11.4 Å². The highest BCUT2D eigenvalue weighted by molar-refractivity contribution is 7.18. The van der Waals surface area contributed by atoms with Gasteiger partial charge < -0.3 is 10.4 Å². The molecule has 1 saturated carbocycles. The van der Waals surface area contributed by atoms with E-state index in [2.05, 4.69) is 28.3 Å². The van der Waals surface area contributed by atoms with Crippen LogP contribution in [0.1, 0.15) is 37.5 Å². The first-order valence-electron chi connectivity index (χ1n) is 7.35. The zero-order valence-electron chi connectivity index (χ0n) is 12.3. The van der Waals surface area contributed by atoms with Gasteiger partial charge in [-0.1, -0.05) is 6.92 Å². The highest BCUT2D eigenvalue weighted by Gasteiger charge is 2.31. The van der Waals surface area contributed by atoms with Crippen LogP contribution in [-0.4, -0.2) is 27.2 Å². The highest BCUT2D eigenvalue weighted by atomic mass is 35.5. The van der Waals surface area contributed by atoms with E-state index in [1.54, 1.807) is 11.3 Å². The summed E-state index contributed by atoms with van der Waals surface area (Å²) in [5.41, 5.74) is -0.638. The van der Waals surface area contributed by atoms with Crippen LogP contribution in [0.4, 0.5) is 5.82 Å². The number of hydrogen-bond acceptors (Lipinski definition) is 5. The minimum atomic E-state index is -0.638. The van der Waals surface area contributed by atoms with Crippen molar-refractivity contribution in [2.45, 2.75) is 45.1 Å². The number of rotatable bonds is 3. The number of aryl methyl sites for hydroxylation is 1. The Morgan fingerprint density at radius 3 is 2.86 bits per heavy atom. The quantitative estimate of drug-likeness (QED) is 0.837. The lowest BCUT2D eigenvalue weighted by Crippen LogP contribution is -2.40. The van der Waals surface area contributed by atoms with Crippen LogP contribution in [0, 0.1) is 12.8 Å². The maximum Gasteiger partial charge on any atom is 0.225 e. The van der Waals surface area contributed by atoms with E-state index < -0.39 is 5.60 Å². The molecule has 2 aromatic heterocycles. The second-order valence-corrected chi connectivity index (χ2v) is 7.75. The van der Waals surface area contributed by atoms with Gasteiger partial charge in [-0.05, 0) is 56.2 Å². The van der Waals surface area contributed by atoms with Crippen LogP contribution in [0.5, 0.6) is 0 Å². The summed E-state index contributed by atoms with van der Waals surface area (Å²) in [5, 5.41) is 15.2. The first-order chi connectivity index (χ1) is 9.95. The number of aliphatic hydroxyl groups is 1. The molecular formula is C15H20ClN3OS. The zero-order valence-corrected chi connectivity index (χ0v) is 13.9. The Morgan fingerprint density at radius 1 is 1.43 bits per heavy atom. The molecule has 2 aromatic rings. The summed E-state index contributed by atoms with van der Waals surface area (Å²) in [6.45, 7) is 4.80. The van der Waals surface area contributed by atoms with Crippen LogP contribution in [0.25, 0.3) is 10.2 Å². The molecule has 3 rings (SSSR count). The molecule has 0 aromatic carbocycles. The molecule has 6 heteroatoms. The van der Waals surface area contributed by atoms with Crippen molar-refractivity contribution in [1.29, 1.82) is 0 Å². The van der Waals surface area contributed by atoms with Gasteiger partial charge in [-0.2, -0.15) is 0 Å². The average Bonchev–Trinajstić information content (AvgIpc) is 2.80. The standard InChI is InChI=1S/C15H20ClN3OS/c1-9-3-5-15(20,6-4-9)8-17-12-11-7-10(2)21-13(11)19-14(16)18-12/h7,9,20H,3-6,8H2,1-2H3,(H,17,18,19). The fourth-order valence-corrected chi connectivity index (χ4v) is 3.97. The van der Waals surface area contributed by atoms with E-state index >= 15 is 0 Å². The number of fused-ring (bicyclic) bond motifs is 1. The van der Waals surface area contributed by atoms with E-state index in [0.717, 1.165) is 41.7 Å². The molecule has 1 aliphatic carbocycles. The summed E-state index contributed by atoms with van der Waals surface area (Å²) >= 11 is 7.59. The second-order valence-electron chi connectivity index (χ2n) is 6.18. The number of hydrogen-bond donors (Lipinski definition) is 2. The Labute approximate surface area is 133 Å². The highest BCUT2D eigenvalue weighted by Crippen LogP contribution is 2.33. The SMILES string of the molecule is Cc1cc2c(NCC3(O)CCC(C)CC3)nc(Cl)nc2s1. The van der Waals surface area contributed by atoms with Gasteiger partial charge in [0.25, 0.3) is 0 Å². The topological polar surface area (TPSA) is 58.0 Å². The summed E-state index contributed by atoms with van der Waals surface area (Å²) in [6.07, 6.45) is 3.84. The molecule has 0 atom stereocenters. The Balaban J connectivity index is 1.79. The number of nitrogens with zero attached hydrogens (tertiary/aromatic N) is 2. The van der Waals surface area contributed by atoms with Crippen molar-refractivity contribution in [3.63, 3.8) is 0 Å². The lowest BCUT2D eigenvalue weighted by Gasteiger charge is -2.35. The number of nitrogens with one attached hydrogen (secondary N) is 1. The minimum absolute atomic E-state index is 0.246.